The van der Waals surface area contributed by atoms with Gasteiger partial charge >= 0.3 is 12.1 Å². The van der Waals surface area contributed by atoms with Crippen LogP contribution in [0, 0.1) is 0 Å². The van der Waals surface area contributed by atoms with Crippen molar-refractivity contribution in [3.05, 3.63) is 40.9 Å². The number of hydrogen-bond donors (Lipinski definition) is 0. The molecule has 0 aliphatic heterocycles. The summed E-state index contributed by atoms with van der Waals surface area (Å²) in [6, 6.07) is 4.63. The van der Waals surface area contributed by atoms with Gasteiger partial charge in [-0.1, -0.05) is 11.8 Å². The average Bonchev–Trinajstić information content (AvgIpc) is 2.37. The molecule has 0 atom stereocenters. The summed E-state index contributed by atoms with van der Waals surface area (Å²) in [5.41, 5.74) is -0.721. The van der Waals surface area contributed by atoms with E-state index in [4.69, 9.17) is 4.74 Å². The maximum atomic E-state index is 12.5. The highest BCUT2D eigenvalue weighted by Gasteiger charge is 2.30. The van der Waals surface area contributed by atoms with Gasteiger partial charge in [-0.2, -0.15) is 13.2 Å². The minimum atomic E-state index is -4.37. The highest BCUT2D eigenvalue weighted by atomic mass is 32.2. The van der Waals surface area contributed by atoms with Crippen molar-refractivity contribution in [2.24, 2.45) is 0 Å². The number of benzene rings is 1. The summed E-state index contributed by atoms with van der Waals surface area (Å²) in [5, 5.41) is 0. The molecule has 116 valence electrons. The molecule has 3 nitrogen and oxygen atoms in total. The summed E-state index contributed by atoms with van der Waals surface area (Å²) < 4.78 is 42.4. The molecule has 0 N–H and O–H groups in total. The van der Waals surface area contributed by atoms with Gasteiger partial charge in [-0.15, -0.1) is 0 Å². The fourth-order valence-electron chi connectivity index (χ4n) is 1.40. The standard InChI is InChI=1S/C14H16F3NO2S/c1-4-20-13(19)12(9-18(2)3)21-11-7-5-10(6-8-11)14(15,16)17/h5-9H,4H2,1-3H3/b12-9+. The maximum absolute atomic E-state index is 12.5. The number of nitrogens with zero attached hydrogens (tertiary/aromatic N) is 1. The Bertz CT molecular complexity index is 510. The second kappa shape index (κ2) is 7.40. The number of ether oxygens (including phenoxy) is 1. The molecule has 1 rings (SSSR count). The van der Waals surface area contributed by atoms with Gasteiger partial charge < -0.3 is 9.64 Å². The molecule has 7 heteroatoms. The van der Waals surface area contributed by atoms with Crippen LogP contribution in [0.3, 0.4) is 0 Å². The normalized spacial score (nSPS) is 12.2. The summed E-state index contributed by atoms with van der Waals surface area (Å²) >= 11 is 1.06. The van der Waals surface area contributed by atoms with E-state index in [9.17, 15) is 18.0 Å². The molecule has 0 aromatic heterocycles. The maximum Gasteiger partial charge on any atom is 0.416 e. The molecule has 0 radical (unpaired) electrons. The largest absolute Gasteiger partial charge is 0.462 e. The quantitative estimate of drug-likeness (QED) is 0.469. The van der Waals surface area contributed by atoms with Gasteiger partial charge in [-0.3, -0.25) is 0 Å². The lowest BCUT2D eigenvalue weighted by Crippen LogP contribution is -2.10. The summed E-state index contributed by atoms with van der Waals surface area (Å²) in [6.45, 7) is 1.92. The van der Waals surface area contributed by atoms with Crippen LogP contribution in [0.4, 0.5) is 13.2 Å². The molecule has 0 heterocycles. The van der Waals surface area contributed by atoms with Crippen LogP contribution in [0.15, 0.2) is 40.3 Å². The Balaban J connectivity index is 2.92. The van der Waals surface area contributed by atoms with Crippen molar-refractivity contribution in [3.63, 3.8) is 0 Å². The van der Waals surface area contributed by atoms with E-state index in [-0.39, 0.29) is 6.61 Å². The molecule has 0 fully saturated rings. The average molecular weight is 319 g/mol. The Labute approximate surface area is 125 Å². The summed E-state index contributed by atoms with van der Waals surface area (Å²) in [5.74, 6) is -0.504. The molecule has 0 aliphatic rings. The first-order valence-electron chi connectivity index (χ1n) is 6.14. The van der Waals surface area contributed by atoms with E-state index in [0.717, 1.165) is 23.9 Å². The van der Waals surface area contributed by atoms with Crippen molar-refractivity contribution >= 4 is 17.7 Å². The third-order valence-corrected chi connectivity index (χ3v) is 3.26. The fraction of sp³-hybridized carbons (Fsp3) is 0.357. The second-order valence-corrected chi connectivity index (χ2v) is 5.42. The minimum absolute atomic E-state index is 0.233. The first-order valence-corrected chi connectivity index (χ1v) is 6.96. The molecule has 0 spiro atoms. The number of rotatable bonds is 5. The smallest absolute Gasteiger partial charge is 0.416 e. The van der Waals surface area contributed by atoms with E-state index in [1.807, 2.05) is 0 Å². The molecule has 1 aromatic carbocycles. The first kappa shape index (κ1) is 17.4. The zero-order chi connectivity index (χ0) is 16.0. The molecule has 0 bridgehead atoms. The molecule has 0 unspecified atom stereocenters. The van der Waals surface area contributed by atoms with Crippen LogP contribution in [-0.2, 0) is 15.7 Å². The zero-order valence-electron chi connectivity index (χ0n) is 11.9. The predicted octanol–water partition coefficient (Wildman–Crippen LogP) is 3.76. The predicted molar refractivity (Wildman–Crippen MR) is 75.7 cm³/mol. The van der Waals surface area contributed by atoms with Crippen LogP contribution in [-0.4, -0.2) is 31.6 Å². The van der Waals surface area contributed by atoms with Crippen molar-refractivity contribution < 1.29 is 22.7 Å². The van der Waals surface area contributed by atoms with Gasteiger partial charge in [0.25, 0.3) is 0 Å². The topological polar surface area (TPSA) is 29.5 Å². The number of esters is 1. The van der Waals surface area contributed by atoms with Crippen LogP contribution in [0.2, 0.25) is 0 Å². The molecule has 0 aliphatic carbocycles. The Morgan fingerprint density at radius 2 is 1.86 bits per heavy atom. The molecule has 0 amide bonds. The van der Waals surface area contributed by atoms with E-state index < -0.39 is 17.7 Å². The van der Waals surface area contributed by atoms with E-state index in [0.29, 0.717) is 9.80 Å². The molecule has 0 saturated heterocycles. The third-order valence-electron chi connectivity index (χ3n) is 2.26. The van der Waals surface area contributed by atoms with Gasteiger partial charge in [0, 0.05) is 25.2 Å². The first-order chi connectivity index (χ1) is 9.74. The van der Waals surface area contributed by atoms with Gasteiger partial charge in [0.05, 0.1) is 12.2 Å². The molecule has 1 aromatic rings. The Kier molecular flexibility index (Phi) is 6.14. The summed E-state index contributed by atoms with van der Waals surface area (Å²) in [6.07, 6.45) is -2.80. The van der Waals surface area contributed by atoms with Gasteiger partial charge in [0.15, 0.2) is 0 Å². The van der Waals surface area contributed by atoms with Crippen molar-refractivity contribution in [3.8, 4) is 0 Å². The van der Waals surface area contributed by atoms with E-state index in [1.54, 1.807) is 32.1 Å². The molecular weight excluding hydrogens is 303 g/mol. The minimum Gasteiger partial charge on any atom is -0.462 e. The fourth-order valence-corrected chi connectivity index (χ4v) is 2.33. The van der Waals surface area contributed by atoms with Gasteiger partial charge in [0.2, 0.25) is 0 Å². The van der Waals surface area contributed by atoms with Crippen LogP contribution in [0.5, 0.6) is 0 Å². The Morgan fingerprint density at radius 1 is 1.29 bits per heavy atom. The van der Waals surface area contributed by atoms with Crippen molar-refractivity contribution in [1.82, 2.24) is 4.90 Å². The third kappa shape index (κ3) is 5.71. The second-order valence-electron chi connectivity index (χ2n) is 4.30. The van der Waals surface area contributed by atoms with E-state index >= 15 is 0 Å². The lowest BCUT2D eigenvalue weighted by atomic mass is 10.2. The molecule has 21 heavy (non-hydrogen) atoms. The van der Waals surface area contributed by atoms with Gasteiger partial charge in [-0.25, -0.2) is 4.79 Å². The number of hydrogen-bond acceptors (Lipinski definition) is 4. The lowest BCUT2D eigenvalue weighted by Gasteiger charge is -2.11. The van der Waals surface area contributed by atoms with Crippen LogP contribution in [0.25, 0.3) is 0 Å². The number of carbonyl (C=O) groups excluding carboxylic acids is 1. The van der Waals surface area contributed by atoms with Crippen LogP contribution >= 0.6 is 11.8 Å². The number of alkyl halides is 3. The number of thioether (sulfide) groups is 1. The summed E-state index contributed by atoms with van der Waals surface area (Å²) in [4.78, 5) is 14.3. The monoisotopic (exact) mass is 319 g/mol. The summed E-state index contributed by atoms with van der Waals surface area (Å²) in [7, 11) is 3.49. The van der Waals surface area contributed by atoms with E-state index in [1.165, 1.54) is 12.1 Å². The van der Waals surface area contributed by atoms with Gasteiger partial charge in [0.1, 0.15) is 4.91 Å². The van der Waals surface area contributed by atoms with Crippen LogP contribution < -0.4 is 0 Å². The molecular formula is C14H16F3NO2S. The van der Waals surface area contributed by atoms with Crippen molar-refractivity contribution in [2.75, 3.05) is 20.7 Å². The number of halogens is 3. The van der Waals surface area contributed by atoms with Crippen molar-refractivity contribution in [1.29, 1.82) is 0 Å². The highest BCUT2D eigenvalue weighted by molar-refractivity contribution is 8.04. The lowest BCUT2D eigenvalue weighted by molar-refractivity contribution is -0.138. The zero-order valence-corrected chi connectivity index (χ0v) is 12.7. The number of carbonyl (C=O) groups is 1. The Hall–Kier alpha value is -1.63. The van der Waals surface area contributed by atoms with Crippen LogP contribution in [0.1, 0.15) is 12.5 Å². The highest BCUT2D eigenvalue weighted by Crippen LogP contribution is 2.33. The Morgan fingerprint density at radius 3 is 2.29 bits per heavy atom. The van der Waals surface area contributed by atoms with Crippen molar-refractivity contribution in [2.45, 2.75) is 18.0 Å². The van der Waals surface area contributed by atoms with E-state index in [2.05, 4.69) is 0 Å². The van der Waals surface area contributed by atoms with Gasteiger partial charge in [-0.05, 0) is 31.2 Å². The SMILES string of the molecule is CCOC(=O)/C(=C\N(C)C)Sc1ccc(C(F)(F)F)cc1. The molecule has 0 saturated carbocycles.